The van der Waals surface area contributed by atoms with Crippen LogP contribution in [0.5, 0.6) is 0 Å². The number of nitrogens with zero attached hydrogens (tertiary/aromatic N) is 5. The Hall–Kier alpha value is -2.83. The average molecular weight is 330 g/mol. The van der Waals surface area contributed by atoms with Crippen molar-refractivity contribution < 1.29 is 4.79 Å². The van der Waals surface area contributed by atoms with Crippen molar-refractivity contribution in [1.29, 1.82) is 0 Å². The zero-order chi connectivity index (χ0) is 18.7. The van der Waals surface area contributed by atoms with E-state index in [1.807, 2.05) is 34.6 Å². The molecule has 0 fully saturated rings. The first-order chi connectivity index (χ1) is 11.6. The predicted molar refractivity (Wildman–Crippen MR) is 100 cm³/mol. The van der Waals surface area contributed by atoms with Crippen molar-refractivity contribution in [2.24, 2.45) is 4.99 Å². The van der Waals surface area contributed by atoms with E-state index in [0.29, 0.717) is 16.9 Å². The summed E-state index contributed by atoms with van der Waals surface area (Å²) in [4.78, 5) is 24.1. The third kappa shape index (κ3) is 4.58. The van der Waals surface area contributed by atoms with Crippen LogP contribution in [0.1, 0.15) is 57.9 Å². The Kier molecular flexibility index (Phi) is 9.55. The molecule has 0 radical (unpaired) electrons. The van der Waals surface area contributed by atoms with Gasteiger partial charge < -0.3 is 5.73 Å². The summed E-state index contributed by atoms with van der Waals surface area (Å²) in [7, 11) is 0. The van der Waals surface area contributed by atoms with Crippen LogP contribution in [-0.4, -0.2) is 31.6 Å². The van der Waals surface area contributed by atoms with E-state index in [-0.39, 0.29) is 17.4 Å². The minimum Gasteiger partial charge on any atom is -0.382 e. The van der Waals surface area contributed by atoms with Crippen molar-refractivity contribution in [3.63, 3.8) is 0 Å². The minimum atomic E-state index is -0.215. The highest BCUT2D eigenvalue weighted by Crippen LogP contribution is 2.24. The summed E-state index contributed by atoms with van der Waals surface area (Å²) >= 11 is 0. The molecule has 0 spiro atoms. The number of imidazole rings is 1. The molecule has 0 atom stereocenters. The Bertz CT molecular complexity index is 743. The Morgan fingerprint density at radius 1 is 1.33 bits per heavy atom. The maximum Gasteiger partial charge on any atom is 0.198 e. The van der Waals surface area contributed by atoms with E-state index in [4.69, 9.17) is 5.73 Å². The molecule has 2 N–H and O–H groups in total. The summed E-state index contributed by atoms with van der Waals surface area (Å²) in [5.74, 6) is 0.216. The topological polar surface area (TPSA) is 98.5 Å². The molecule has 7 heteroatoms. The molecule has 130 valence electrons. The SMILES string of the molecule is C=CC=N/C(=C\C)c1nc(C(C)=O)n2ncnc(N)c12.CC.CC. The monoisotopic (exact) mass is 330 g/mol. The molecule has 0 aliphatic heterocycles. The van der Waals surface area contributed by atoms with Crippen molar-refractivity contribution in [2.45, 2.75) is 41.5 Å². The van der Waals surface area contributed by atoms with Crippen LogP contribution in [0.15, 0.2) is 30.1 Å². The average Bonchev–Trinajstić information content (AvgIpc) is 3.00. The molecule has 2 rings (SSSR count). The quantitative estimate of drug-likeness (QED) is 0.682. The van der Waals surface area contributed by atoms with Crippen LogP contribution in [0.25, 0.3) is 11.2 Å². The number of fused-ring (bicyclic) bond motifs is 1. The normalized spacial score (nSPS) is 10.7. The van der Waals surface area contributed by atoms with Gasteiger partial charge in [0.25, 0.3) is 0 Å². The summed E-state index contributed by atoms with van der Waals surface area (Å²) in [6.45, 7) is 14.8. The minimum absolute atomic E-state index is 0.192. The van der Waals surface area contributed by atoms with Crippen molar-refractivity contribution >= 4 is 29.0 Å². The Labute approximate surface area is 143 Å². The third-order valence-corrected chi connectivity index (χ3v) is 2.61. The standard InChI is InChI=1S/C13H14N6O.2C2H6/c1-4-6-15-9(5-2)10-11-12(14)16-7-17-19(11)13(18-10)8(3)20;2*1-2/h4-7H,1H2,2-3H3,(H2,14,16,17);2*1-2H3/b9-5-,15-6?;;. The number of nitrogens with two attached hydrogens (primary N) is 1. The first-order valence-electron chi connectivity index (χ1n) is 7.92. The lowest BCUT2D eigenvalue weighted by Crippen LogP contribution is -2.05. The lowest BCUT2D eigenvalue weighted by atomic mass is 10.2. The van der Waals surface area contributed by atoms with Crippen LogP contribution in [-0.2, 0) is 0 Å². The molecular weight excluding hydrogens is 304 g/mol. The van der Waals surface area contributed by atoms with Gasteiger partial charge in [-0.15, -0.1) is 0 Å². The van der Waals surface area contributed by atoms with E-state index in [9.17, 15) is 4.79 Å². The lowest BCUT2D eigenvalue weighted by Gasteiger charge is -2.00. The molecule has 0 aliphatic carbocycles. The van der Waals surface area contributed by atoms with Gasteiger partial charge in [0.2, 0.25) is 0 Å². The van der Waals surface area contributed by atoms with E-state index < -0.39 is 0 Å². The van der Waals surface area contributed by atoms with E-state index in [2.05, 4.69) is 26.6 Å². The molecule has 2 heterocycles. The number of aliphatic imine (C=N–C) groups is 1. The maximum atomic E-state index is 11.7. The molecule has 0 unspecified atom stereocenters. The van der Waals surface area contributed by atoms with E-state index in [0.717, 1.165) is 0 Å². The molecule has 0 aliphatic rings. The molecule has 7 nitrogen and oxygen atoms in total. The Morgan fingerprint density at radius 2 is 1.96 bits per heavy atom. The molecule has 2 aromatic heterocycles. The second kappa shape index (κ2) is 10.8. The number of hydrogen-bond donors (Lipinski definition) is 1. The van der Waals surface area contributed by atoms with Crippen molar-refractivity contribution in [3.8, 4) is 0 Å². The smallest absolute Gasteiger partial charge is 0.198 e. The Balaban J connectivity index is 0.00000123. The first-order valence-corrected chi connectivity index (χ1v) is 7.92. The number of anilines is 1. The number of carbonyl (C=O) groups excluding carboxylic acids is 1. The fourth-order valence-electron chi connectivity index (χ4n) is 1.77. The molecular formula is C17H26N6O. The van der Waals surface area contributed by atoms with Gasteiger partial charge in [0.15, 0.2) is 17.4 Å². The molecule has 0 aromatic carbocycles. The van der Waals surface area contributed by atoms with Gasteiger partial charge in [0.05, 0.1) is 5.70 Å². The van der Waals surface area contributed by atoms with E-state index in [1.165, 1.54) is 24.0 Å². The van der Waals surface area contributed by atoms with Crippen molar-refractivity contribution in [1.82, 2.24) is 19.6 Å². The highest BCUT2D eigenvalue weighted by Gasteiger charge is 2.20. The number of rotatable bonds is 4. The van der Waals surface area contributed by atoms with Crippen molar-refractivity contribution in [2.75, 3.05) is 5.73 Å². The van der Waals surface area contributed by atoms with E-state index >= 15 is 0 Å². The van der Waals surface area contributed by atoms with Gasteiger partial charge in [-0.2, -0.15) is 5.10 Å². The molecule has 0 saturated carbocycles. The summed E-state index contributed by atoms with van der Waals surface area (Å²) in [6, 6.07) is 0. The largest absolute Gasteiger partial charge is 0.382 e. The fraction of sp³-hybridized carbons (Fsp3) is 0.353. The second-order valence-corrected chi connectivity index (χ2v) is 3.93. The van der Waals surface area contributed by atoms with Crippen molar-refractivity contribution in [3.05, 3.63) is 36.6 Å². The molecule has 0 amide bonds. The highest BCUT2D eigenvalue weighted by atomic mass is 16.1. The summed E-state index contributed by atoms with van der Waals surface area (Å²) in [6.07, 6.45) is 6.13. The van der Waals surface area contributed by atoms with Gasteiger partial charge in [0, 0.05) is 13.1 Å². The van der Waals surface area contributed by atoms with Crippen LogP contribution in [0.2, 0.25) is 0 Å². The summed E-state index contributed by atoms with van der Waals surface area (Å²) in [5.41, 5.74) is 7.37. The highest BCUT2D eigenvalue weighted by molar-refractivity contribution is 5.95. The van der Waals surface area contributed by atoms with Crippen LogP contribution in [0.3, 0.4) is 0 Å². The molecule has 2 aromatic rings. The molecule has 24 heavy (non-hydrogen) atoms. The third-order valence-electron chi connectivity index (χ3n) is 2.61. The van der Waals surface area contributed by atoms with Crippen LogP contribution < -0.4 is 5.73 Å². The van der Waals surface area contributed by atoms with Gasteiger partial charge in [-0.05, 0) is 6.92 Å². The molecule has 0 bridgehead atoms. The van der Waals surface area contributed by atoms with Crippen LogP contribution >= 0.6 is 0 Å². The number of allylic oxidation sites excluding steroid dienone is 2. The molecule has 0 saturated heterocycles. The number of aromatic nitrogens is 4. The summed E-state index contributed by atoms with van der Waals surface area (Å²) < 4.78 is 1.38. The predicted octanol–water partition coefficient (Wildman–Crippen LogP) is 3.58. The first kappa shape index (κ1) is 21.2. The Morgan fingerprint density at radius 3 is 2.46 bits per heavy atom. The zero-order valence-electron chi connectivity index (χ0n) is 15.2. The lowest BCUT2D eigenvalue weighted by molar-refractivity contribution is 0.100. The van der Waals surface area contributed by atoms with Gasteiger partial charge in [-0.3, -0.25) is 9.79 Å². The maximum absolute atomic E-state index is 11.7. The van der Waals surface area contributed by atoms with Gasteiger partial charge >= 0.3 is 0 Å². The number of ketones is 1. The van der Waals surface area contributed by atoms with E-state index in [1.54, 1.807) is 12.2 Å². The number of nitrogen functional groups attached to an aromatic ring is 1. The summed E-state index contributed by atoms with van der Waals surface area (Å²) in [5, 5.41) is 4.02. The van der Waals surface area contributed by atoms with Gasteiger partial charge in [-0.25, -0.2) is 14.5 Å². The number of hydrogen-bond acceptors (Lipinski definition) is 6. The van der Waals surface area contributed by atoms with Crippen LogP contribution in [0.4, 0.5) is 5.82 Å². The van der Waals surface area contributed by atoms with Gasteiger partial charge in [0.1, 0.15) is 17.5 Å². The van der Waals surface area contributed by atoms with Crippen LogP contribution in [0, 0.1) is 0 Å². The zero-order valence-corrected chi connectivity index (χ0v) is 15.2. The second-order valence-electron chi connectivity index (χ2n) is 3.93. The fourth-order valence-corrected chi connectivity index (χ4v) is 1.77. The number of carbonyl (C=O) groups is 1. The van der Waals surface area contributed by atoms with Gasteiger partial charge in [-0.1, -0.05) is 46.4 Å². The number of Topliss-reactive ketones (excluding diaryl/α,β-unsaturated/α-hetero) is 1.